The van der Waals surface area contributed by atoms with Crippen molar-refractivity contribution in [3.63, 3.8) is 0 Å². The maximum atomic E-state index is 12.9. The first-order chi connectivity index (χ1) is 10.4. The molecular formula is C17H21ClN2O2. The van der Waals surface area contributed by atoms with Crippen LogP contribution in [0.2, 0.25) is 5.02 Å². The van der Waals surface area contributed by atoms with Crippen molar-refractivity contribution >= 4 is 17.4 Å². The van der Waals surface area contributed by atoms with E-state index >= 15 is 0 Å². The fourth-order valence-corrected chi connectivity index (χ4v) is 2.69. The number of ketones is 1. The minimum absolute atomic E-state index is 0.153. The zero-order chi connectivity index (χ0) is 16.4. The molecule has 0 unspecified atom stereocenters. The first-order valence-corrected chi connectivity index (χ1v) is 7.79. The largest absolute Gasteiger partial charge is 0.478 e. The van der Waals surface area contributed by atoms with Crippen LogP contribution >= 0.6 is 11.6 Å². The number of aromatic nitrogens is 2. The van der Waals surface area contributed by atoms with Gasteiger partial charge in [0.05, 0.1) is 17.8 Å². The maximum Gasteiger partial charge on any atom is 0.223 e. The van der Waals surface area contributed by atoms with E-state index in [-0.39, 0.29) is 5.78 Å². The van der Waals surface area contributed by atoms with Crippen molar-refractivity contribution in [1.82, 2.24) is 9.78 Å². The summed E-state index contributed by atoms with van der Waals surface area (Å²) in [4.78, 5) is 12.9. The van der Waals surface area contributed by atoms with E-state index < -0.39 is 0 Å². The van der Waals surface area contributed by atoms with Gasteiger partial charge in [-0.05, 0) is 57.4 Å². The molecule has 0 bridgehead atoms. The normalized spacial score (nSPS) is 10.8. The van der Waals surface area contributed by atoms with Crippen LogP contribution in [0.15, 0.2) is 12.3 Å². The Bertz CT molecular complexity index is 720. The Morgan fingerprint density at radius 2 is 1.91 bits per heavy atom. The van der Waals surface area contributed by atoms with Gasteiger partial charge in [0.1, 0.15) is 5.56 Å². The van der Waals surface area contributed by atoms with Gasteiger partial charge in [-0.1, -0.05) is 11.6 Å². The number of hydrogen-bond donors (Lipinski definition) is 0. The van der Waals surface area contributed by atoms with Gasteiger partial charge in [-0.2, -0.15) is 5.10 Å². The number of ether oxygens (including phenoxy) is 1. The van der Waals surface area contributed by atoms with Crippen molar-refractivity contribution in [2.75, 3.05) is 6.61 Å². The molecule has 0 atom stereocenters. The SMILES string of the molecule is CCOc1c(C(=O)c2cc(C)c(C)c(C)c2Cl)cnn1CC. The quantitative estimate of drug-likeness (QED) is 0.779. The van der Waals surface area contributed by atoms with Crippen molar-refractivity contribution < 1.29 is 9.53 Å². The molecule has 2 rings (SSSR count). The van der Waals surface area contributed by atoms with Crippen LogP contribution in [-0.4, -0.2) is 22.2 Å². The number of rotatable bonds is 5. The number of nitrogens with zero attached hydrogens (tertiary/aromatic N) is 2. The Labute approximate surface area is 136 Å². The second-order valence-corrected chi connectivity index (χ2v) is 5.62. The highest BCUT2D eigenvalue weighted by atomic mass is 35.5. The van der Waals surface area contributed by atoms with Crippen LogP contribution in [0.1, 0.15) is 46.5 Å². The lowest BCUT2D eigenvalue weighted by Crippen LogP contribution is -2.09. The van der Waals surface area contributed by atoms with Crippen molar-refractivity contribution in [3.8, 4) is 5.88 Å². The number of carbonyl (C=O) groups excluding carboxylic acids is 1. The summed E-state index contributed by atoms with van der Waals surface area (Å²) in [5.41, 5.74) is 4.04. The molecule has 1 aromatic carbocycles. The van der Waals surface area contributed by atoms with Crippen LogP contribution in [0, 0.1) is 20.8 Å². The van der Waals surface area contributed by atoms with E-state index in [1.165, 1.54) is 0 Å². The van der Waals surface area contributed by atoms with Crippen LogP contribution < -0.4 is 4.74 Å². The predicted molar refractivity (Wildman–Crippen MR) is 88.2 cm³/mol. The topological polar surface area (TPSA) is 44.1 Å². The van der Waals surface area contributed by atoms with Crippen LogP contribution in [0.5, 0.6) is 5.88 Å². The molecule has 5 heteroatoms. The fraction of sp³-hybridized carbons (Fsp3) is 0.412. The molecule has 1 heterocycles. The monoisotopic (exact) mass is 320 g/mol. The molecule has 0 aliphatic heterocycles. The van der Waals surface area contributed by atoms with E-state index in [4.69, 9.17) is 16.3 Å². The summed E-state index contributed by atoms with van der Waals surface area (Å²) in [5, 5.41) is 4.72. The molecule has 0 radical (unpaired) electrons. The molecule has 118 valence electrons. The van der Waals surface area contributed by atoms with E-state index in [1.807, 2.05) is 40.7 Å². The van der Waals surface area contributed by atoms with E-state index in [2.05, 4.69) is 5.10 Å². The highest BCUT2D eigenvalue weighted by Crippen LogP contribution is 2.30. The smallest absolute Gasteiger partial charge is 0.223 e. The van der Waals surface area contributed by atoms with E-state index in [9.17, 15) is 4.79 Å². The highest BCUT2D eigenvalue weighted by Gasteiger charge is 2.23. The third kappa shape index (κ3) is 2.75. The minimum atomic E-state index is -0.153. The molecule has 0 N–H and O–H groups in total. The Balaban J connectivity index is 2.56. The molecular weight excluding hydrogens is 300 g/mol. The molecule has 1 aromatic heterocycles. The maximum absolute atomic E-state index is 12.9. The van der Waals surface area contributed by atoms with E-state index in [0.29, 0.717) is 35.2 Å². The van der Waals surface area contributed by atoms with Crippen LogP contribution in [0.3, 0.4) is 0 Å². The van der Waals surface area contributed by atoms with Gasteiger partial charge in [0, 0.05) is 12.1 Å². The molecule has 22 heavy (non-hydrogen) atoms. The fourth-order valence-electron chi connectivity index (χ4n) is 2.40. The van der Waals surface area contributed by atoms with Gasteiger partial charge in [0.2, 0.25) is 11.7 Å². The summed E-state index contributed by atoms with van der Waals surface area (Å²) < 4.78 is 7.28. The van der Waals surface area contributed by atoms with Crippen LogP contribution in [0.4, 0.5) is 0 Å². The standard InChI is InChI=1S/C17H21ClN2O2/c1-6-20-17(22-7-2)14(9-19-20)16(21)13-8-10(3)11(4)12(5)15(13)18/h8-9H,6-7H2,1-5H3. The number of hydrogen-bond acceptors (Lipinski definition) is 3. The molecule has 0 spiro atoms. The summed E-state index contributed by atoms with van der Waals surface area (Å²) in [5.74, 6) is 0.348. The summed E-state index contributed by atoms with van der Waals surface area (Å²) in [7, 11) is 0. The lowest BCUT2D eigenvalue weighted by Gasteiger charge is -2.12. The Morgan fingerprint density at radius 3 is 2.50 bits per heavy atom. The van der Waals surface area contributed by atoms with Crippen LogP contribution in [0.25, 0.3) is 0 Å². The average molecular weight is 321 g/mol. The zero-order valence-corrected chi connectivity index (χ0v) is 14.4. The van der Waals surface area contributed by atoms with Crippen molar-refractivity contribution in [2.45, 2.75) is 41.2 Å². The summed E-state index contributed by atoms with van der Waals surface area (Å²) in [6, 6.07) is 1.84. The minimum Gasteiger partial charge on any atom is -0.478 e. The first kappa shape index (κ1) is 16.6. The van der Waals surface area contributed by atoms with Gasteiger partial charge in [0.15, 0.2) is 0 Å². The van der Waals surface area contributed by atoms with Crippen molar-refractivity contribution in [3.05, 3.63) is 45.1 Å². The summed E-state index contributed by atoms with van der Waals surface area (Å²) >= 11 is 6.40. The van der Waals surface area contributed by atoms with Gasteiger partial charge < -0.3 is 4.74 Å². The lowest BCUT2D eigenvalue weighted by molar-refractivity contribution is 0.103. The molecule has 0 fully saturated rings. The van der Waals surface area contributed by atoms with Gasteiger partial charge >= 0.3 is 0 Å². The van der Waals surface area contributed by atoms with E-state index in [1.54, 1.807) is 10.9 Å². The van der Waals surface area contributed by atoms with Gasteiger partial charge in [-0.25, -0.2) is 4.68 Å². The number of halogens is 1. The Kier molecular flexibility index (Phi) is 4.91. The van der Waals surface area contributed by atoms with Gasteiger partial charge in [-0.15, -0.1) is 0 Å². The number of carbonyl (C=O) groups is 1. The first-order valence-electron chi connectivity index (χ1n) is 7.41. The third-order valence-electron chi connectivity index (χ3n) is 3.94. The lowest BCUT2D eigenvalue weighted by atomic mass is 9.96. The Morgan fingerprint density at radius 1 is 1.23 bits per heavy atom. The number of aryl methyl sites for hydroxylation is 2. The summed E-state index contributed by atoms with van der Waals surface area (Å²) in [6.45, 7) is 10.9. The third-order valence-corrected chi connectivity index (χ3v) is 4.43. The average Bonchev–Trinajstić information content (AvgIpc) is 2.91. The van der Waals surface area contributed by atoms with Crippen LogP contribution in [-0.2, 0) is 6.54 Å². The molecule has 2 aromatic rings. The van der Waals surface area contributed by atoms with Gasteiger partial charge in [0.25, 0.3) is 0 Å². The second-order valence-electron chi connectivity index (χ2n) is 5.25. The summed E-state index contributed by atoms with van der Waals surface area (Å²) in [6.07, 6.45) is 1.55. The molecule has 0 saturated carbocycles. The predicted octanol–water partition coefficient (Wildman–Crippen LogP) is 4.11. The van der Waals surface area contributed by atoms with Crippen molar-refractivity contribution in [1.29, 1.82) is 0 Å². The Hall–Kier alpha value is -1.81. The second kappa shape index (κ2) is 6.53. The molecule has 0 saturated heterocycles. The van der Waals surface area contributed by atoms with E-state index in [0.717, 1.165) is 16.7 Å². The van der Waals surface area contributed by atoms with Gasteiger partial charge in [-0.3, -0.25) is 4.79 Å². The zero-order valence-electron chi connectivity index (χ0n) is 13.7. The van der Waals surface area contributed by atoms with Crippen molar-refractivity contribution in [2.24, 2.45) is 0 Å². The number of benzene rings is 1. The highest BCUT2D eigenvalue weighted by molar-refractivity contribution is 6.36. The molecule has 4 nitrogen and oxygen atoms in total. The molecule has 0 aliphatic carbocycles. The molecule has 0 aliphatic rings. The molecule has 0 amide bonds.